The topological polar surface area (TPSA) is 41.1 Å². The second-order valence-electron chi connectivity index (χ2n) is 5.83. The molecule has 1 aliphatic rings. The van der Waals surface area contributed by atoms with Crippen molar-refractivity contribution < 1.29 is 4.79 Å². The Labute approximate surface area is 115 Å². The van der Waals surface area contributed by atoms with Crippen LogP contribution in [0.1, 0.15) is 30.4 Å². The summed E-state index contributed by atoms with van der Waals surface area (Å²) in [5.74, 6) is 0.132. The van der Waals surface area contributed by atoms with Crippen molar-refractivity contribution in [2.45, 2.75) is 32.6 Å². The van der Waals surface area contributed by atoms with Crippen LogP contribution in [0, 0.1) is 12.3 Å². The summed E-state index contributed by atoms with van der Waals surface area (Å²) in [5.41, 5.74) is 2.60. The first-order valence-corrected chi connectivity index (χ1v) is 7.10. The highest BCUT2D eigenvalue weighted by Gasteiger charge is 2.36. The van der Waals surface area contributed by atoms with Crippen LogP contribution in [0.3, 0.4) is 0 Å². The fourth-order valence-electron chi connectivity index (χ4n) is 2.82. The van der Waals surface area contributed by atoms with Crippen molar-refractivity contribution in [2.75, 3.05) is 20.1 Å². The molecule has 0 spiro atoms. The SMILES string of the molecule is CNCC1(CNC(=O)Cc2cccc(C)c2)CCC1. The molecule has 1 aliphatic carbocycles. The lowest BCUT2D eigenvalue weighted by atomic mass is 9.68. The third-order valence-corrected chi connectivity index (χ3v) is 4.07. The maximum atomic E-state index is 12.0. The molecule has 0 atom stereocenters. The summed E-state index contributed by atoms with van der Waals surface area (Å²) < 4.78 is 0. The smallest absolute Gasteiger partial charge is 0.224 e. The third-order valence-electron chi connectivity index (χ3n) is 4.07. The maximum absolute atomic E-state index is 12.0. The largest absolute Gasteiger partial charge is 0.355 e. The van der Waals surface area contributed by atoms with Crippen molar-refractivity contribution in [3.8, 4) is 0 Å². The Balaban J connectivity index is 1.81. The molecule has 3 nitrogen and oxygen atoms in total. The molecule has 0 heterocycles. The van der Waals surface area contributed by atoms with E-state index in [-0.39, 0.29) is 5.91 Å². The van der Waals surface area contributed by atoms with Gasteiger partial charge in [-0.1, -0.05) is 36.2 Å². The summed E-state index contributed by atoms with van der Waals surface area (Å²) in [5, 5.41) is 6.34. The Morgan fingerprint density at radius 1 is 1.32 bits per heavy atom. The van der Waals surface area contributed by atoms with Gasteiger partial charge in [0.25, 0.3) is 0 Å². The van der Waals surface area contributed by atoms with E-state index in [1.165, 1.54) is 24.8 Å². The zero-order valence-electron chi connectivity index (χ0n) is 12.0. The third kappa shape index (κ3) is 3.80. The van der Waals surface area contributed by atoms with Crippen LogP contribution in [0.25, 0.3) is 0 Å². The zero-order valence-corrected chi connectivity index (χ0v) is 12.0. The molecule has 1 fully saturated rings. The molecular formula is C16H24N2O. The quantitative estimate of drug-likeness (QED) is 0.822. The lowest BCUT2D eigenvalue weighted by Crippen LogP contribution is -2.47. The molecular weight excluding hydrogens is 236 g/mol. The fourth-order valence-corrected chi connectivity index (χ4v) is 2.82. The Morgan fingerprint density at radius 2 is 2.11 bits per heavy atom. The van der Waals surface area contributed by atoms with E-state index >= 15 is 0 Å². The number of hydrogen-bond donors (Lipinski definition) is 2. The molecule has 1 amide bonds. The van der Waals surface area contributed by atoms with Crippen LogP contribution < -0.4 is 10.6 Å². The van der Waals surface area contributed by atoms with Crippen molar-refractivity contribution in [2.24, 2.45) is 5.41 Å². The summed E-state index contributed by atoms with van der Waals surface area (Å²) >= 11 is 0. The Bertz CT molecular complexity index is 438. The van der Waals surface area contributed by atoms with Crippen molar-refractivity contribution in [3.63, 3.8) is 0 Å². The Hall–Kier alpha value is -1.35. The van der Waals surface area contributed by atoms with Crippen LogP contribution in [0.5, 0.6) is 0 Å². The van der Waals surface area contributed by atoms with E-state index in [2.05, 4.69) is 29.7 Å². The average Bonchev–Trinajstić information content (AvgIpc) is 2.32. The molecule has 0 bridgehead atoms. The van der Waals surface area contributed by atoms with Gasteiger partial charge in [-0.2, -0.15) is 0 Å². The molecule has 0 unspecified atom stereocenters. The lowest BCUT2D eigenvalue weighted by Gasteiger charge is -2.42. The normalized spacial score (nSPS) is 16.7. The first-order chi connectivity index (χ1) is 9.13. The molecule has 1 saturated carbocycles. The van der Waals surface area contributed by atoms with E-state index in [1.54, 1.807) is 0 Å². The molecule has 19 heavy (non-hydrogen) atoms. The van der Waals surface area contributed by atoms with Gasteiger partial charge in [0.1, 0.15) is 0 Å². The molecule has 1 aromatic carbocycles. The monoisotopic (exact) mass is 260 g/mol. The second kappa shape index (κ2) is 6.20. The first-order valence-electron chi connectivity index (χ1n) is 7.10. The molecule has 104 valence electrons. The van der Waals surface area contributed by atoms with E-state index < -0.39 is 0 Å². The van der Waals surface area contributed by atoms with Gasteiger partial charge < -0.3 is 10.6 Å². The van der Waals surface area contributed by atoms with Gasteiger partial charge in [0.05, 0.1) is 6.42 Å². The summed E-state index contributed by atoms with van der Waals surface area (Å²) in [6.07, 6.45) is 4.21. The minimum atomic E-state index is 0.132. The molecule has 3 heteroatoms. The maximum Gasteiger partial charge on any atom is 0.224 e. The highest BCUT2D eigenvalue weighted by Crippen LogP contribution is 2.39. The van der Waals surface area contributed by atoms with Crippen LogP contribution >= 0.6 is 0 Å². The summed E-state index contributed by atoms with van der Waals surface area (Å²) in [6.45, 7) is 3.86. The van der Waals surface area contributed by atoms with Crippen molar-refractivity contribution in [1.82, 2.24) is 10.6 Å². The fraction of sp³-hybridized carbons (Fsp3) is 0.562. The van der Waals surface area contributed by atoms with Gasteiger partial charge in [0.2, 0.25) is 5.91 Å². The van der Waals surface area contributed by atoms with Crippen molar-refractivity contribution >= 4 is 5.91 Å². The van der Waals surface area contributed by atoms with Crippen LogP contribution in [-0.2, 0) is 11.2 Å². The number of aryl methyl sites for hydroxylation is 1. The number of nitrogens with one attached hydrogen (secondary N) is 2. The number of carbonyl (C=O) groups is 1. The number of hydrogen-bond acceptors (Lipinski definition) is 2. The molecule has 0 saturated heterocycles. The predicted octanol–water partition coefficient (Wildman–Crippen LogP) is 2.04. The summed E-state index contributed by atoms with van der Waals surface area (Å²) in [4.78, 5) is 12.0. The molecule has 2 N–H and O–H groups in total. The van der Waals surface area contributed by atoms with E-state index in [0.717, 1.165) is 18.7 Å². The van der Waals surface area contributed by atoms with E-state index in [0.29, 0.717) is 11.8 Å². The van der Waals surface area contributed by atoms with Crippen LogP contribution in [0.2, 0.25) is 0 Å². The number of benzene rings is 1. The van der Waals surface area contributed by atoms with Crippen molar-refractivity contribution in [3.05, 3.63) is 35.4 Å². The van der Waals surface area contributed by atoms with Gasteiger partial charge in [-0.3, -0.25) is 4.79 Å². The molecule has 1 aromatic rings. The molecule has 0 aliphatic heterocycles. The van der Waals surface area contributed by atoms with Gasteiger partial charge in [-0.15, -0.1) is 0 Å². The first kappa shape index (κ1) is 14.1. The van der Waals surface area contributed by atoms with Crippen LogP contribution in [0.15, 0.2) is 24.3 Å². The van der Waals surface area contributed by atoms with E-state index in [9.17, 15) is 4.79 Å². The van der Waals surface area contributed by atoms with Gasteiger partial charge >= 0.3 is 0 Å². The average molecular weight is 260 g/mol. The molecule has 0 radical (unpaired) electrons. The van der Waals surface area contributed by atoms with Crippen LogP contribution in [-0.4, -0.2) is 26.0 Å². The van der Waals surface area contributed by atoms with E-state index in [1.807, 2.05) is 19.2 Å². The Morgan fingerprint density at radius 3 is 2.68 bits per heavy atom. The second-order valence-corrected chi connectivity index (χ2v) is 5.83. The van der Waals surface area contributed by atoms with Crippen LogP contribution in [0.4, 0.5) is 0 Å². The van der Waals surface area contributed by atoms with Gasteiger partial charge in [0.15, 0.2) is 0 Å². The minimum absolute atomic E-state index is 0.132. The Kier molecular flexibility index (Phi) is 4.59. The number of carbonyl (C=O) groups excluding carboxylic acids is 1. The highest BCUT2D eigenvalue weighted by molar-refractivity contribution is 5.78. The predicted molar refractivity (Wildman–Crippen MR) is 78.1 cm³/mol. The molecule has 2 rings (SSSR count). The summed E-state index contributed by atoms with van der Waals surface area (Å²) in [7, 11) is 1.98. The minimum Gasteiger partial charge on any atom is -0.355 e. The van der Waals surface area contributed by atoms with Gasteiger partial charge in [-0.25, -0.2) is 0 Å². The van der Waals surface area contributed by atoms with Crippen molar-refractivity contribution in [1.29, 1.82) is 0 Å². The summed E-state index contributed by atoms with van der Waals surface area (Å²) in [6, 6.07) is 8.15. The standard InChI is InChI=1S/C16H24N2O/c1-13-5-3-6-14(9-13)10-15(19)18-12-16(11-17-2)7-4-8-16/h3,5-6,9,17H,4,7-8,10-12H2,1-2H3,(H,18,19). The number of rotatable bonds is 6. The van der Waals surface area contributed by atoms with Gasteiger partial charge in [-0.05, 0) is 32.4 Å². The van der Waals surface area contributed by atoms with E-state index in [4.69, 9.17) is 0 Å². The number of amides is 1. The van der Waals surface area contributed by atoms with Gasteiger partial charge in [0, 0.05) is 18.5 Å². The lowest BCUT2D eigenvalue weighted by molar-refractivity contribution is -0.121. The molecule has 0 aromatic heterocycles. The highest BCUT2D eigenvalue weighted by atomic mass is 16.1. The zero-order chi connectivity index (χ0) is 13.7.